The molecule has 1 aromatic rings. The van der Waals surface area contributed by atoms with Crippen LogP contribution in [0.3, 0.4) is 0 Å². The highest BCUT2D eigenvalue weighted by Gasteiger charge is 2.12. The summed E-state index contributed by atoms with van der Waals surface area (Å²) in [4.78, 5) is 0. The van der Waals surface area contributed by atoms with Gasteiger partial charge < -0.3 is 0 Å². The van der Waals surface area contributed by atoms with E-state index in [2.05, 4.69) is 27.3 Å². The normalized spacial score (nSPS) is 12.4. The summed E-state index contributed by atoms with van der Waals surface area (Å²) < 4.78 is 1.01. The Morgan fingerprint density at radius 3 is 2.92 bits per heavy atom. The lowest BCUT2D eigenvalue weighted by Crippen LogP contribution is -2.18. The first-order chi connectivity index (χ1) is 5.79. The maximum Gasteiger partial charge on any atom is 0.123 e. The van der Waals surface area contributed by atoms with Crippen molar-refractivity contribution in [3.8, 4) is 6.07 Å². The number of nitriles is 1. The Bertz CT molecular complexity index is 289. The molecule has 1 atom stereocenters. The third-order valence-electron chi connectivity index (χ3n) is 1.49. The zero-order valence-electron chi connectivity index (χ0n) is 6.67. The molecule has 0 fully saturated rings. The van der Waals surface area contributed by atoms with E-state index in [0.29, 0.717) is 0 Å². The van der Waals surface area contributed by atoms with Crippen LogP contribution in [0.1, 0.15) is 18.5 Å². The highest BCUT2D eigenvalue weighted by molar-refractivity contribution is 9.10. The van der Waals surface area contributed by atoms with Gasteiger partial charge in [-0.15, -0.1) is 0 Å². The predicted octanol–water partition coefficient (Wildman–Crippen LogP) is 2.68. The summed E-state index contributed by atoms with van der Waals surface area (Å²) in [5.41, 5.74) is 1.03. The van der Waals surface area contributed by atoms with Crippen LogP contribution in [-0.2, 0) is 0 Å². The van der Waals surface area contributed by atoms with Gasteiger partial charge in [0.2, 0.25) is 0 Å². The summed E-state index contributed by atoms with van der Waals surface area (Å²) in [5, 5.41) is 15.9. The van der Waals surface area contributed by atoms with Crippen molar-refractivity contribution in [3.63, 3.8) is 0 Å². The van der Waals surface area contributed by atoms with E-state index in [9.17, 15) is 0 Å². The Kier molecular flexibility index (Phi) is 3.73. The molecule has 12 heavy (non-hydrogen) atoms. The third-order valence-corrected chi connectivity index (χ3v) is 3.24. The molecule has 1 N–H and O–H groups in total. The first kappa shape index (κ1) is 9.72. The van der Waals surface area contributed by atoms with Crippen LogP contribution >= 0.6 is 27.3 Å². The van der Waals surface area contributed by atoms with Crippen molar-refractivity contribution in [1.82, 2.24) is 5.32 Å². The maximum atomic E-state index is 8.82. The number of halogens is 1. The van der Waals surface area contributed by atoms with Gasteiger partial charge in [0.25, 0.3) is 0 Å². The summed E-state index contributed by atoms with van der Waals surface area (Å²) in [6, 6.07) is 2.03. The van der Waals surface area contributed by atoms with Gasteiger partial charge in [-0.1, -0.05) is 6.92 Å². The molecule has 1 unspecified atom stereocenters. The minimum Gasteiger partial charge on any atom is -0.298 e. The first-order valence-electron chi connectivity index (χ1n) is 3.64. The summed E-state index contributed by atoms with van der Waals surface area (Å²) in [6.45, 7) is 2.80. The highest BCUT2D eigenvalue weighted by atomic mass is 79.9. The number of nitrogens with zero attached hydrogens (tertiary/aromatic N) is 1. The van der Waals surface area contributed by atoms with Crippen LogP contribution in [0.5, 0.6) is 0 Å². The zero-order chi connectivity index (χ0) is 8.97. The largest absolute Gasteiger partial charge is 0.298 e. The van der Waals surface area contributed by atoms with Crippen molar-refractivity contribution in [2.45, 2.75) is 13.0 Å². The van der Waals surface area contributed by atoms with Gasteiger partial charge in [-0.25, -0.2) is 0 Å². The summed E-state index contributed by atoms with van der Waals surface area (Å²) in [6.07, 6.45) is 0. The minimum atomic E-state index is -0.185. The van der Waals surface area contributed by atoms with Crippen molar-refractivity contribution >= 4 is 27.3 Å². The Hall–Kier alpha value is -0.370. The van der Waals surface area contributed by atoms with E-state index in [1.165, 1.54) is 0 Å². The highest BCUT2D eigenvalue weighted by Crippen LogP contribution is 2.26. The van der Waals surface area contributed by atoms with Crippen molar-refractivity contribution in [1.29, 1.82) is 5.26 Å². The van der Waals surface area contributed by atoms with Crippen LogP contribution in [0.4, 0.5) is 0 Å². The second kappa shape index (κ2) is 4.61. The Labute approximate surface area is 84.3 Å². The average Bonchev–Trinajstić information content (AvgIpc) is 2.47. The summed E-state index contributed by atoms with van der Waals surface area (Å²) in [7, 11) is 0. The molecule has 0 amide bonds. The molecule has 1 rings (SSSR count). The van der Waals surface area contributed by atoms with Crippen LogP contribution in [0, 0.1) is 11.3 Å². The van der Waals surface area contributed by atoms with Gasteiger partial charge in [-0.3, -0.25) is 5.32 Å². The molecule has 1 aromatic heterocycles. The second-order valence-corrected chi connectivity index (χ2v) is 3.89. The van der Waals surface area contributed by atoms with Gasteiger partial charge in [-0.05, 0) is 27.9 Å². The molecule has 0 aliphatic carbocycles. The molecule has 1 heterocycles. The van der Waals surface area contributed by atoms with Crippen molar-refractivity contribution in [2.75, 3.05) is 6.54 Å². The Morgan fingerprint density at radius 2 is 2.50 bits per heavy atom. The van der Waals surface area contributed by atoms with E-state index in [1.807, 2.05) is 17.7 Å². The van der Waals surface area contributed by atoms with E-state index in [4.69, 9.17) is 5.26 Å². The van der Waals surface area contributed by atoms with Crippen molar-refractivity contribution < 1.29 is 0 Å². The van der Waals surface area contributed by atoms with Crippen LogP contribution < -0.4 is 5.32 Å². The summed E-state index contributed by atoms with van der Waals surface area (Å²) >= 11 is 4.99. The molecule has 64 valence electrons. The molecule has 4 heteroatoms. The minimum absolute atomic E-state index is 0.185. The smallest absolute Gasteiger partial charge is 0.123 e. The standard InChI is InChI=1S/C8H9BrN2S/c1-2-11-8(3-10)6-4-12-5-7(6)9/h4-5,8,11H,2H2,1H3. The lowest BCUT2D eigenvalue weighted by molar-refractivity contribution is 0.658. The molecule has 0 spiro atoms. The van der Waals surface area contributed by atoms with E-state index in [-0.39, 0.29) is 6.04 Å². The van der Waals surface area contributed by atoms with E-state index in [1.54, 1.807) is 11.3 Å². The van der Waals surface area contributed by atoms with Gasteiger partial charge in [0.15, 0.2) is 0 Å². The van der Waals surface area contributed by atoms with Crippen LogP contribution in [0.15, 0.2) is 15.2 Å². The molecule has 0 aliphatic heterocycles. The van der Waals surface area contributed by atoms with Gasteiger partial charge in [0, 0.05) is 15.4 Å². The topological polar surface area (TPSA) is 35.8 Å². The number of nitrogens with one attached hydrogen (secondary N) is 1. The number of hydrogen-bond donors (Lipinski definition) is 1. The molecule has 0 aromatic carbocycles. The number of rotatable bonds is 3. The van der Waals surface area contributed by atoms with Crippen molar-refractivity contribution in [3.05, 3.63) is 20.8 Å². The van der Waals surface area contributed by atoms with Crippen LogP contribution in [0.25, 0.3) is 0 Å². The van der Waals surface area contributed by atoms with Crippen molar-refractivity contribution in [2.24, 2.45) is 0 Å². The number of hydrogen-bond acceptors (Lipinski definition) is 3. The Balaban J connectivity index is 2.81. The molecule has 0 saturated heterocycles. The van der Waals surface area contributed by atoms with E-state index < -0.39 is 0 Å². The van der Waals surface area contributed by atoms with Crippen LogP contribution in [0.2, 0.25) is 0 Å². The van der Waals surface area contributed by atoms with Crippen LogP contribution in [-0.4, -0.2) is 6.54 Å². The molecule has 0 aliphatic rings. The summed E-state index contributed by atoms with van der Waals surface area (Å²) in [5.74, 6) is 0. The molecule has 2 nitrogen and oxygen atoms in total. The lowest BCUT2D eigenvalue weighted by Gasteiger charge is -2.07. The first-order valence-corrected chi connectivity index (χ1v) is 5.37. The fraction of sp³-hybridized carbons (Fsp3) is 0.375. The monoisotopic (exact) mass is 244 g/mol. The van der Waals surface area contributed by atoms with E-state index >= 15 is 0 Å². The number of thiophene rings is 1. The fourth-order valence-electron chi connectivity index (χ4n) is 0.927. The molecular weight excluding hydrogens is 236 g/mol. The molecule has 0 bridgehead atoms. The zero-order valence-corrected chi connectivity index (χ0v) is 9.08. The average molecular weight is 245 g/mol. The van der Waals surface area contributed by atoms with Gasteiger partial charge in [0.1, 0.15) is 6.04 Å². The molecule has 0 saturated carbocycles. The maximum absolute atomic E-state index is 8.82. The Morgan fingerprint density at radius 1 is 1.75 bits per heavy atom. The quantitative estimate of drug-likeness (QED) is 0.888. The third kappa shape index (κ3) is 2.07. The van der Waals surface area contributed by atoms with E-state index in [0.717, 1.165) is 16.6 Å². The molecule has 0 radical (unpaired) electrons. The second-order valence-electron chi connectivity index (χ2n) is 2.29. The lowest BCUT2D eigenvalue weighted by atomic mass is 10.2. The SMILES string of the molecule is CCNC(C#N)c1cscc1Br. The molecular formula is C8H9BrN2S. The van der Waals surface area contributed by atoms with Gasteiger partial charge >= 0.3 is 0 Å². The van der Waals surface area contributed by atoms with Gasteiger partial charge in [-0.2, -0.15) is 16.6 Å². The predicted molar refractivity (Wildman–Crippen MR) is 54.0 cm³/mol. The van der Waals surface area contributed by atoms with Gasteiger partial charge in [0.05, 0.1) is 6.07 Å². The fourth-order valence-corrected chi connectivity index (χ4v) is 2.48.